The van der Waals surface area contributed by atoms with Gasteiger partial charge in [0.1, 0.15) is 0 Å². The Morgan fingerprint density at radius 3 is 2.59 bits per heavy atom. The molecule has 0 spiro atoms. The molecule has 0 radical (unpaired) electrons. The van der Waals surface area contributed by atoms with E-state index < -0.39 is 0 Å². The highest BCUT2D eigenvalue weighted by Gasteiger charge is 2.14. The van der Waals surface area contributed by atoms with Crippen LogP contribution in [0.1, 0.15) is 19.8 Å². The Bertz CT molecular complexity index is 372. The van der Waals surface area contributed by atoms with Gasteiger partial charge in [0.05, 0.1) is 11.4 Å². The predicted octanol–water partition coefficient (Wildman–Crippen LogP) is 1.75. The summed E-state index contributed by atoms with van der Waals surface area (Å²) in [6.45, 7) is 5.75. The minimum atomic E-state index is 0.427. The first-order chi connectivity index (χ1) is 8.15. The zero-order valence-corrected chi connectivity index (χ0v) is 10.4. The normalized spacial score (nSPS) is 18.2. The van der Waals surface area contributed by atoms with Crippen molar-refractivity contribution in [2.24, 2.45) is 0 Å². The molecule has 4 nitrogen and oxygen atoms in total. The van der Waals surface area contributed by atoms with Gasteiger partial charge in [0.25, 0.3) is 0 Å². The first-order valence-corrected chi connectivity index (χ1v) is 6.29. The Balaban J connectivity index is 1.88. The van der Waals surface area contributed by atoms with E-state index in [0.29, 0.717) is 17.4 Å². The zero-order valence-electron chi connectivity index (χ0n) is 10.4. The molecule has 0 aliphatic carbocycles. The van der Waals surface area contributed by atoms with Crippen molar-refractivity contribution < 1.29 is 0 Å². The molecule has 0 saturated carbocycles. The van der Waals surface area contributed by atoms with Gasteiger partial charge in [-0.15, -0.1) is 0 Å². The average molecular weight is 234 g/mol. The van der Waals surface area contributed by atoms with E-state index in [1.165, 1.54) is 25.9 Å². The molecular weight excluding hydrogens is 212 g/mol. The third-order valence-electron chi connectivity index (χ3n) is 3.23. The summed E-state index contributed by atoms with van der Waals surface area (Å²) in [5.74, 6) is 0. The van der Waals surface area contributed by atoms with Crippen LogP contribution in [0.5, 0.6) is 0 Å². The van der Waals surface area contributed by atoms with Crippen molar-refractivity contribution >= 4 is 17.1 Å². The average Bonchev–Trinajstić information content (AvgIpc) is 2.76. The van der Waals surface area contributed by atoms with Crippen LogP contribution in [0.3, 0.4) is 0 Å². The number of hydrogen-bond donors (Lipinski definition) is 3. The third kappa shape index (κ3) is 3.27. The Morgan fingerprint density at radius 2 is 1.94 bits per heavy atom. The predicted molar refractivity (Wildman–Crippen MR) is 74.0 cm³/mol. The fourth-order valence-corrected chi connectivity index (χ4v) is 2.35. The number of nitrogen functional groups attached to an aromatic ring is 2. The number of rotatable bonds is 4. The molecule has 0 aromatic heterocycles. The van der Waals surface area contributed by atoms with Gasteiger partial charge in [0.15, 0.2) is 0 Å². The Hall–Kier alpha value is -1.42. The maximum Gasteiger partial charge on any atom is 0.0568 e. The van der Waals surface area contributed by atoms with E-state index in [-0.39, 0.29) is 0 Å². The topological polar surface area (TPSA) is 67.3 Å². The van der Waals surface area contributed by atoms with E-state index in [9.17, 15) is 0 Å². The first kappa shape index (κ1) is 12.0. The lowest BCUT2D eigenvalue weighted by atomic mass is 10.2. The lowest BCUT2D eigenvalue weighted by Gasteiger charge is -2.22. The van der Waals surface area contributed by atoms with Crippen molar-refractivity contribution in [2.45, 2.75) is 25.8 Å². The minimum Gasteiger partial charge on any atom is -0.397 e. The quantitative estimate of drug-likeness (QED) is 0.694. The van der Waals surface area contributed by atoms with Gasteiger partial charge in [-0.1, -0.05) is 0 Å². The molecule has 1 aromatic carbocycles. The fourth-order valence-electron chi connectivity index (χ4n) is 2.35. The molecule has 1 aliphatic heterocycles. The van der Waals surface area contributed by atoms with E-state index >= 15 is 0 Å². The van der Waals surface area contributed by atoms with Crippen LogP contribution in [0, 0.1) is 0 Å². The van der Waals surface area contributed by atoms with Crippen LogP contribution < -0.4 is 16.8 Å². The highest BCUT2D eigenvalue weighted by atomic mass is 15.2. The monoisotopic (exact) mass is 234 g/mol. The molecule has 0 bridgehead atoms. The van der Waals surface area contributed by atoms with E-state index in [4.69, 9.17) is 11.5 Å². The second kappa shape index (κ2) is 5.27. The van der Waals surface area contributed by atoms with Crippen molar-refractivity contribution in [3.63, 3.8) is 0 Å². The van der Waals surface area contributed by atoms with Crippen LogP contribution in [0.15, 0.2) is 18.2 Å². The number of hydrogen-bond acceptors (Lipinski definition) is 4. The summed E-state index contributed by atoms with van der Waals surface area (Å²) in [4.78, 5) is 2.50. The summed E-state index contributed by atoms with van der Waals surface area (Å²) in [5.41, 5.74) is 13.8. The number of nitrogens with two attached hydrogens (primary N) is 2. The molecule has 4 heteroatoms. The maximum atomic E-state index is 5.78. The molecule has 1 aliphatic rings. The summed E-state index contributed by atoms with van der Waals surface area (Å²) >= 11 is 0. The molecule has 2 rings (SSSR count). The number of nitrogens with zero attached hydrogens (tertiary/aromatic N) is 1. The molecule has 1 atom stereocenters. The minimum absolute atomic E-state index is 0.427. The van der Waals surface area contributed by atoms with E-state index in [0.717, 1.165) is 12.2 Å². The van der Waals surface area contributed by atoms with Gasteiger partial charge in [-0.2, -0.15) is 0 Å². The summed E-state index contributed by atoms with van der Waals surface area (Å²) in [7, 11) is 0. The first-order valence-electron chi connectivity index (χ1n) is 6.29. The van der Waals surface area contributed by atoms with Gasteiger partial charge in [-0.25, -0.2) is 0 Å². The number of nitrogens with one attached hydrogen (secondary N) is 1. The third-order valence-corrected chi connectivity index (χ3v) is 3.23. The lowest BCUT2D eigenvalue weighted by Crippen LogP contribution is -2.32. The van der Waals surface area contributed by atoms with Gasteiger partial charge in [0, 0.05) is 18.3 Å². The summed E-state index contributed by atoms with van der Waals surface area (Å²) in [6.07, 6.45) is 2.67. The Labute approximate surface area is 103 Å². The van der Waals surface area contributed by atoms with Gasteiger partial charge in [0.2, 0.25) is 0 Å². The Morgan fingerprint density at radius 1 is 1.24 bits per heavy atom. The standard InChI is InChI=1S/C13H22N4/c1-10(9-17-6-2-3-7-17)16-11-4-5-12(14)13(15)8-11/h4-5,8,10,16H,2-3,6-7,9,14-15H2,1H3. The molecule has 1 aromatic rings. The molecule has 0 amide bonds. The molecule has 1 unspecified atom stereocenters. The molecule has 94 valence electrons. The summed E-state index contributed by atoms with van der Waals surface area (Å²) < 4.78 is 0. The lowest BCUT2D eigenvalue weighted by molar-refractivity contribution is 0.328. The number of benzene rings is 1. The van der Waals surface area contributed by atoms with Gasteiger partial charge in [-0.3, -0.25) is 0 Å². The highest BCUT2D eigenvalue weighted by molar-refractivity contribution is 5.69. The second-order valence-electron chi connectivity index (χ2n) is 4.90. The van der Waals surface area contributed by atoms with Crippen LogP contribution in [0.4, 0.5) is 17.1 Å². The SMILES string of the molecule is CC(CN1CCCC1)Nc1ccc(N)c(N)c1. The highest BCUT2D eigenvalue weighted by Crippen LogP contribution is 2.20. The van der Waals surface area contributed by atoms with Crippen LogP contribution in [-0.4, -0.2) is 30.6 Å². The maximum absolute atomic E-state index is 5.78. The molecular formula is C13H22N4. The van der Waals surface area contributed by atoms with Crippen molar-refractivity contribution in [3.05, 3.63) is 18.2 Å². The second-order valence-corrected chi connectivity index (χ2v) is 4.90. The van der Waals surface area contributed by atoms with Gasteiger partial charge in [-0.05, 0) is 51.1 Å². The Kier molecular flexibility index (Phi) is 3.74. The van der Waals surface area contributed by atoms with Crippen molar-refractivity contribution in [1.82, 2.24) is 4.90 Å². The fraction of sp³-hybridized carbons (Fsp3) is 0.538. The molecule has 1 saturated heterocycles. The summed E-state index contributed by atoms with van der Waals surface area (Å²) in [5, 5.41) is 3.46. The molecule has 1 fully saturated rings. The van der Waals surface area contributed by atoms with E-state index in [2.05, 4.69) is 17.1 Å². The van der Waals surface area contributed by atoms with E-state index in [1.54, 1.807) is 0 Å². The molecule has 1 heterocycles. The van der Waals surface area contributed by atoms with Crippen molar-refractivity contribution in [3.8, 4) is 0 Å². The van der Waals surface area contributed by atoms with E-state index in [1.807, 2.05) is 18.2 Å². The molecule has 17 heavy (non-hydrogen) atoms. The van der Waals surface area contributed by atoms with Crippen LogP contribution in [0.2, 0.25) is 0 Å². The number of anilines is 3. The smallest absolute Gasteiger partial charge is 0.0568 e. The van der Waals surface area contributed by atoms with Crippen LogP contribution in [0.25, 0.3) is 0 Å². The van der Waals surface area contributed by atoms with Crippen molar-refractivity contribution in [2.75, 3.05) is 36.4 Å². The van der Waals surface area contributed by atoms with Crippen LogP contribution in [-0.2, 0) is 0 Å². The largest absolute Gasteiger partial charge is 0.397 e. The van der Waals surface area contributed by atoms with Crippen LogP contribution >= 0.6 is 0 Å². The summed E-state index contributed by atoms with van der Waals surface area (Å²) in [6, 6.07) is 6.15. The number of likely N-dealkylation sites (tertiary alicyclic amines) is 1. The van der Waals surface area contributed by atoms with Gasteiger partial charge >= 0.3 is 0 Å². The zero-order chi connectivity index (χ0) is 12.3. The molecule has 5 N–H and O–H groups in total. The van der Waals surface area contributed by atoms with Crippen molar-refractivity contribution in [1.29, 1.82) is 0 Å². The van der Waals surface area contributed by atoms with Gasteiger partial charge < -0.3 is 21.7 Å².